The van der Waals surface area contributed by atoms with E-state index in [0.717, 1.165) is 0 Å². The smallest absolute Gasteiger partial charge is 0.770 e. The van der Waals surface area contributed by atoms with Crippen molar-refractivity contribution in [1.29, 1.82) is 0 Å². The average molecular weight is 205 g/mol. The Morgan fingerprint density at radius 3 is 2.17 bits per heavy atom. The molecule has 0 aliphatic carbocycles. The summed E-state index contributed by atoms with van der Waals surface area (Å²) in [6, 6.07) is 0. The van der Waals surface area contributed by atoms with Crippen molar-refractivity contribution in [1.82, 2.24) is 0 Å². The molecule has 0 spiro atoms. The fourth-order valence-electron chi connectivity index (χ4n) is 1.02. The van der Waals surface area contributed by atoms with Crippen molar-refractivity contribution in [3.63, 3.8) is 0 Å². The van der Waals surface area contributed by atoms with Gasteiger partial charge in [-0.25, -0.2) is 8.42 Å². The summed E-state index contributed by atoms with van der Waals surface area (Å²) in [5, 5.41) is 0. The first kappa shape index (κ1) is 12.6. The van der Waals surface area contributed by atoms with Gasteiger partial charge >= 0.3 is 18.9 Å². The molecule has 2 atom stereocenters. The van der Waals surface area contributed by atoms with Crippen molar-refractivity contribution in [3.05, 3.63) is 0 Å². The van der Waals surface area contributed by atoms with Gasteiger partial charge in [-0.1, -0.05) is 0 Å². The van der Waals surface area contributed by atoms with Crippen LogP contribution in [0.1, 0.15) is 12.8 Å². The van der Waals surface area contributed by atoms with Crippen LogP contribution in [0.15, 0.2) is 0 Å². The second kappa shape index (κ2) is 3.78. The molecule has 1 fully saturated rings. The fourth-order valence-corrected chi connectivity index (χ4v) is 3.74. The molecule has 0 aromatic carbocycles. The third-order valence-corrected chi connectivity index (χ3v) is 5.77. The zero-order valence-corrected chi connectivity index (χ0v) is 8.28. The Balaban J connectivity index is 0.00000121. The summed E-state index contributed by atoms with van der Waals surface area (Å²) in [4.78, 5) is 0. The van der Waals surface area contributed by atoms with Gasteiger partial charge in [-0.15, -0.1) is 0 Å². The minimum absolute atomic E-state index is 0. The van der Waals surface area contributed by atoms with Crippen LogP contribution in [-0.4, -0.2) is 27.1 Å². The van der Waals surface area contributed by atoms with E-state index in [1.807, 2.05) is 0 Å². The van der Waals surface area contributed by atoms with Gasteiger partial charge in [0.15, 0.2) is 14.0 Å². The predicted octanol–water partition coefficient (Wildman–Crippen LogP) is -4.31. The van der Waals surface area contributed by atoms with E-state index in [1.165, 1.54) is 0 Å². The van der Waals surface area contributed by atoms with Crippen LogP contribution < -0.4 is 24.6 Å². The normalized spacial score (nSPS) is 35.5. The molecule has 0 radical (unpaired) electrons. The summed E-state index contributed by atoms with van der Waals surface area (Å²) in [6.45, 7) is 0. The SMILES string of the molecule is NC1(S(=O)[O-])CCCS1(=O)=O.[Li+]. The van der Waals surface area contributed by atoms with E-state index in [1.54, 1.807) is 0 Å². The van der Waals surface area contributed by atoms with E-state index in [-0.39, 0.29) is 31.0 Å². The molecule has 2 N–H and O–H groups in total. The topological polar surface area (TPSA) is 100 Å². The van der Waals surface area contributed by atoms with Crippen molar-refractivity contribution in [2.24, 2.45) is 5.73 Å². The Bertz CT molecular complexity index is 289. The van der Waals surface area contributed by atoms with E-state index < -0.39 is 25.1 Å². The molecule has 0 bridgehead atoms. The fraction of sp³-hybridized carbons (Fsp3) is 1.00. The van der Waals surface area contributed by atoms with Crippen molar-refractivity contribution < 1.29 is 36.0 Å². The van der Waals surface area contributed by atoms with E-state index in [4.69, 9.17) is 5.73 Å². The molecule has 66 valence electrons. The minimum atomic E-state index is -3.62. The summed E-state index contributed by atoms with van der Waals surface area (Å²) in [7, 11) is -3.62. The summed E-state index contributed by atoms with van der Waals surface area (Å²) in [5.74, 6) is -0.127. The summed E-state index contributed by atoms with van der Waals surface area (Å²) >= 11 is -2.74. The van der Waals surface area contributed by atoms with Crippen molar-refractivity contribution >= 4 is 20.9 Å². The van der Waals surface area contributed by atoms with Gasteiger partial charge in [-0.2, -0.15) is 0 Å². The number of sulfone groups is 1. The third-order valence-electron chi connectivity index (χ3n) is 1.75. The van der Waals surface area contributed by atoms with Gasteiger partial charge in [-0.05, 0) is 23.9 Å². The molecule has 1 rings (SSSR count). The molecule has 0 aromatic heterocycles. The van der Waals surface area contributed by atoms with Crippen LogP contribution in [0.2, 0.25) is 0 Å². The van der Waals surface area contributed by atoms with Gasteiger partial charge in [0.05, 0.1) is 5.75 Å². The van der Waals surface area contributed by atoms with Gasteiger partial charge in [0.2, 0.25) is 0 Å². The largest absolute Gasteiger partial charge is 1.00 e. The number of rotatable bonds is 1. The third kappa shape index (κ3) is 1.76. The van der Waals surface area contributed by atoms with E-state index >= 15 is 0 Å². The number of nitrogens with two attached hydrogens (primary N) is 1. The Morgan fingerprint density at radius 2 is 2.00 bits per heavy atom. The maximum Gasteiger partial charge on any atom is 1.00 e. The summed E-state index contributed by atoms with van der Waals surface area (Å²) in [6.07, 6.45) is 0.332. The van der Waals surface area contributed by atoms with Crippen LogP contribution in [0.5, 0.6) is 0 Å². The van der Waals surface area contributed by atoms with Crippen molar-refractivity contribution in [2.75, 3.05) is 5.75 Å². The van der Waals surface area contributed by atoms with E-state index in [2.05, 4.69) is 0 Å². The molecular formula is C4H8LiNO4S2. The summed E-state index contributed by atoms with van der Waals surface area (Å²) in [5.41, 5.74) is 5.18. The Morgan fingerprint density at radius 1 is 1.50 bits per heavy atom. The van der Waals surface area contributed by atoms with Crippen LogP contribution >= 0.6 is 0 Å². The molecule has 8 heteroatoms. The number of hydrogen-bond donors (Lipinski definition) is 1. The van der Waals surface area contributed by atoms with E-state index in [9.17, 15) is 17.2 Å². The monoisotopic (exact) mass is 205 g/mol. The van der Waals surface area contributed by atoms with Gasteiger partial charge in [0, 0.05) is 0 Å². The molecule has 12 heavy (non-hydrogen) atoms. The molecular weight excluding hydrogens is 197 g/mol. The molecule has 2 unspecified atom stereocenters. The Hall–Kier alpha value is 0.617. The van der Waals surface area contributed by atoms with Crippen LogP contribution in [0.25, 0.3) is 0 Å². The van der Waals surface area contributed by atoms with Crippen LogP contribution in [0, 0.1) is 0 Å². The molecule has 0 saturated carbocycles. The van der Waals surface area contributed by atoms with Crippen molar-refractivity contribution in [2.45, 2.75) is 17.0 Å². The maximum absolute atomic E-state index is 11.0. The Labute approximate surface area is 85.5 Å². The quantitative estimate of drug-likeness (QED) is 0.345. The first-order valence-corrected chi connectivity index (χ1v) is 5.73. The first-order chi connectivity index (χ1) is 4.90. The first-order valence-electron chi connectivity index (χ1n) is 3.01. The average Bonchev–Trinajstić information content (AvgIpc) is 2.09. The van der Waals surface area contributed by atoms with Crippen LogP contribution in [0.3, 0.4) is 0 Å². The van der Waals surface area contributed by atoms with Gasteiger partial charge in [-0.3, -0.25) is 4.21 Å². The van der Waals surface area contributed by atoms with Crippen LogP contribution in [0.4, 0.5) is 0 Å². The van der Waals surface area contributed by atoms with Gasteiger partial charge in [0.1, 0.15) is 0 Å². The summed E-state index contributed by atoms with van der Waals surface area (Å²) < 4.78 is 40.9. The number of hydrogen-bond acceptors (Lipinski definition) is 5. The maximum atomic E-state index is 11.0. The standard InChI is InChI=1S/C4H9NO4S2.Li/c5-4(10(6)7)2-1-3-11(4,8)9;/h1-3,5H2,(H,6,7);/q;+1/p-1. The van der Waals surface area contributed by atoms with Gasteiger partial charge < -0.3 is 10.3 Å². The van der Waals surface area contributed by atoms with E-state index in [0.29, 0.717) is 6.42 Å². The second-order valence-corrected chi connectivity index (χ2v) is 6.29. The van der Waals surface area contributed by atoms with Crippen molar-refractivity contribution in [3.8, 4) is 0 Å². The molecule has 5 nitrogen and oxygen atoms in total. The minimum Gasteiger partial charge on any atom is -0.770 e. The molecule has 0 aromatic rings. The Kier molecular flexibility index (Phi) is 3.97. The molecule has 1 heterocycles. The predicted molar refractivity (Wildman–Crippen MR) is 38.9 cm³/mol. The molecule has 1 aliphatic heterocycles. The zero-order valence-electron chi connectivity index (χ0n) is 6.65. The second-order valence-electron chi connectivity index (χ2n) is 2.47. The van der Waals surface area contributed by atoms with Gasteiger partial charge in [0.25, 0.3) is 0 Å². The molecule has 0 amide bonds. The zero-order chi connectivity index (χ0) is 8.70. The molecule has 1 saturated heterocycles. The van der Waals surface area contributed by atoms with Crippen LogP contribution in [-0.2, 0) is 20.9 Å². The molecule has 1 aliphatic rings.